The molecule has 0 atom stereocenters. The van der Waals surface area contributed by atoms with Crippen LogP contribution in [0.2, 0.25) is 0 Å². The van der Waals surface area contributed by atoms with Gasteiger partial charge in [-0.25, -0.2) is 0 Å². The number of hydrogen-bond donors (Lipinski definition) is 0. The van der Waals surface area contributed by atoms with Crippen molar-refractivity contribution in [2.75, 3.05) is 20.1 Å². The van der Waals surface area contributed by atoms with Crippen LogP contribution in [0.25, 0.3) is 10.9 Å². The third-order valence-corrected chi connectivity index (χ3v) is 4.70. The summed E-state index contributed by atoms with van der Waals surface area (Å²) >= 11 is 0. The van der Waals surface area contributed by atoms with E-state index in [1.807, 2.05) is 4.57 Å². The molecule has 1 aromatic carbocycles. The van der Waals surface area contributed by atoms with E-state index < -0.39 is 0 Å². The zero-order valence-corrected chi connectivity index (χ0v) is 15.3. The summed E-state index contributed by atoms with van der Waals surface area (Å²) in [6.45, 7) is 3.19. The van der Waals surface area contributed by atoms with Gasteiger partial charge in [-0.15, -0.1) is 35.0 Å². The average molecular weight is 368 g/mol. The highest BCUT2D eigenvalue weighted by atomic mass is 35.5. The van der Waals surface area contributed by atoms with E-state index in [1.165, 1.54) is 42.4 Å². The molecule has 3 aromatic rings. The van der Waals surface area contributed by atoms with Crippen molar-refractivity contribution in [1.29, 1.82) is 0 Å². The summed E-state index contributed by atoms with van der Waals surface area (Å²) in [4.78, 5) is 2.42. The average Bonchev–Trinajstić information content (AvgIpc) is 3.17. The Kier molecular flexibility index (Phi) is 6.27. The first kappa shape index (κ1) is 18.8. The van der Waals surface area contributed by atoms with E-state index in [9.17, 15) is 0 Å². The Morgan fingerprint density at radius 1 is 1.04 bits per heavy atom. The van der Waals surface area contributed by atoms with Crippen molar-refractivity contribution in [1.82, 2.24) is 24.2 Å². The Balaban J connectivity index is 0.00000104. The number of nitrogens with zero attached hydrogens (tertiary/aromatic N) is 5. The normalized spacial score (nSPS) is 15.9. The second kappa shape index (κ2) is 8.01. The Morgan fingerprint density at radius 2 is 1.75 bits per heavy atom. The number of likely N-dealkylation sites (tertiary alicyclic amines) is 1. The topological polar surface area (TPSA) is 38.9 Å². The molecule has 3 heterocycles. The lowest BCUT2D eigenvalue weighted by Crippen LogP contribution is -2.31. The number of aromatic nitrogens is 4. The van der Waals surface area contributed by atoms with Gasteiger partial charge < -0.3 is 14.0 Å². The van der Waals surface area contributed by atoms with Gasteiger partial charge >= 0.3 is 0 Å². The van der Waals surface area contributed by atoms with Gasteiger partial charge in [-0.2, -0.15) is 0 Å². The number of halogens is 2. The molecule has 0 saturated carbocycles. The number of piperidine rings is 1. The smallest absolute Gasteiger partial charge is 0.119 e. The molecule has 2 aromatic heterocycles. The largest absolute Gasteiger partial charge is 0.344 e. The van der Waals surface area contributed by atoms with Crippen molar-refractivity contribution in [3.63, 3.8) is 0 Å². The molecule has 0 amide bonds. The van der Waals surface area contributed by atoms with E-state index in [2.05, 4.69) is 57.2 Å². The molecule has 1 aliphatic rings. The lowest BCUT2D eigenvalue weighted by molar-refractivity contribution is 0.224. The number of hydrogen-bond acceptors (Lipinski definition) is 3. The lowest BCUT2D eigenvalue weighted by atomic mass is 10.0. The summed E-state index contributed by atoms with van der Waals surface area (Å²) in [7, 11) is 2.21. The highest BCUT2D eigenvalue weighted by Crippen LogP contribution is 2.28. The molecule has 130 valence electrons. The van der Waals surface area contributed by atoms with E-state index >= 15 is 0 Å². The predicted octanol–water partition coefficient (Wildman–Crippen LogP) is 3.39. The van der Waals surface area contributed by atoms with E-state index in [4.69, 9.17) is 0 Å². The van der Waals surface area contributed by atoms with Crippen molar-refractivity contribution in [2.24, 2.45) is 0 Å². The third-order valence-electron chi connectivity index (χ3n) is 4.70. The molecule has 5 nitrogen and oxygen atoms in total. The predicted molar refractivity (Wildman–Crippen MR) is 101 cm³/mol. The minimum absolute atomic E-state index is 0. The highest BCUT2D eigenvalue weighted by molar-refractivity contribution is 5.85. The minimum Gasteiger partial charge on any atom is -0.344 e. The van der Waals surface area contributed by atoms with Crippen LogP contribution >= 0.6 is 24.8 Å². The highest BCUT2D eigenvalue weighted by Gasteiger charge is 2.19. The fourth-order valence-electron chi connectivity index (χ4n) is 3.40. The van der Waals surface area contributed by atoms with Crippen LogP contribution < -0.4 is 0 Å². The van der Waals surface area contributed by atoms with Gasteiger partial charge in [0, 0.05) is 17.8 Å². The van der Waals surface area contributed by atoms with Gasteiger partial charge in [0.1, 0.15) is 12.7 Å². The molecule has 4 rings (SSSR count). The molecule has 0 aliphatic carbocycles. The van der Waals surface area contributed by atoms with Crippen molar-refractivity contribution >= 4 is 35.7 Å². The van der Waals surface area contributed by atoms with Gasteiger partial charge in [-0.1, -0.05) is 12.1 Å². The summed E-state index contributed by atoms with van der Waals surface area (Å²) in [5.41, 5.74) is 2.64. The van der Waals surface area contributed by atoms with Crippen LogP contribution in [0.1, 0.15) is 24.4 Å². The molecular weight excluding hydrogens is 345 g/mol. The summed E-state index contributed by atoms with van der Waals surface area (Å²) in [6, 6.07) is 9.59. The van der Waals surface area contributed by atoms with Gasteiger partial charge in [0.2, 0.25) is 0 Å². The fourth-order valence-corrected chi connectivity index (χ4v) is 3.40. The van der Waals surface area contributed by atoms with Gasteiger partial charge in [0.05, 0.1) is 6.54 Å². The maximum absolute atomic E-state index is 3.87. The van der Waals surface area contributed by atoms with E-state index in [1.54, 1.807) is 12.7 Å². The van der Waals surface area contributed by atoms with Crippen molar-refractivity contribution in [3.05, 3.63) is 48.7 Å². The zero-order valence-electron chi connectivity index (χ0n) is 13.7. The molecule has 0 bridgehead atoms. The molecule has 0 unspecified atom stereocenters. The van der Waals surface area contributed by atoms with E-state index in [0.717, 1.165) is 6.54 Å². The van der Waals surface area contributed by atoms with Crippen LogP contribution in [0.4, 0.5) is 0 Å². The fraction of sp³-hybridized carbons (Fsp3) is 0.412. The molecule has 1 saturated heterocycles. The molecule has 1 fully saturated rings. The number of benzene rings is 1. The summed E-state index contributed by atoms with van der Waals surface area (Å²) < 4.78 is 4.47. The quantitative estimate of drug-likeness (QED) is 0.711. The van der Waals surface area contributed by atoms with Gasteiger partial charge in [-0.05, 0) is 56.1 Å². The van der Waals surface area contributed by atoms with E-state index in [-0.39, 0.29) is 24.8 Å². The molecule has 0 N–H and O–H groups in total. The van der Waals surface area contributed by atoms with Crippen molar-refractivity contribution in [2.45, 2.75) is 25.4 Å². The number of fused-ring (bicyclic) bond motifs is 1. The summed E-state index contributed by atoms with van der Waals surface area (Å²) in [6.07, 6.45) is 8.25. The van der Waals surface area contributed by atoms with Crippen LogP contribution in [0.15, 0.2) is 43.1 Å². The van der Waals surface area contributed by atoms with Crippen LogP contribution in [-0.4, -0.2) is 44.4 Å². The van der Waals surface area contributed by atoms with E-state index in [0.29, 0.717) is 6.04 Å². The zero-order chi connectivity index (χ0) is 14.9. The maximum Gasteiger partial charge on any atom is 0.119 e. The van der Waals surface area contributed by atoms with Crippen LogP contribution in [0.5, 0.6) is 0 Å². The van der Waals surface area contributed by atoms with Crippen LogP contribution in [0.3, 0.4) is 0 Å². The molecule has 0 spiro atoms. The number of rotatable bonds is 3. The third kappa shape index (κ3) is 3.74. The molecule has 7 heteroatoms. The Labute approximate surface area is 154 Å². The SMILES string of the molecule is CN1CCC(n2ccc3ccc(Cn4cnnc4)cc32)CC1.Cl.Cl. The second-order valence-electron chi connectivity index (χ2n) is 6.28. The van der Waals surface area contributed by atoms with Gasteiger partial charge in [0.15, 0.2) is 0 Å². The van der Waals surface area contributed by atoms with Gasteiger partial charge in [-0.3, -0.25) is 0 Å². The monoisotopic (exact) mass is 367 g/mol. The van der Waals surface area contributed by atoms with Crippen molar-refractivity contribution < 1.29 is 0 Å². The molecule has 0 radical (unpaired) electrons. The molecule has 24 heavy (non-hydrogen) atoms. The van der Waals surface area contributed by atoms with Crippen LogP contribution in [0, 0.1) is 0 Å². The second-order valence-corrected chi connectivity index (χ2v) is 6.28. The summed E-state index contributed by atoms with van der Waals surface area (Å²) in [5, 5.41) is 9.07. The first-order valence-electron chi connectivity index (χ1n) is 7.90. The Bertz CT molecular complexity index is 760. The standard InChI is InChI=1S/C17H21N5.2ClH/c1-20-7-5-16(6-8-20)22-9-4-15-3-2-14(10-17(15)22)11-21-12-18-19-13-21;;/h2-4,9-10,12-13,16H,5-8,11H2,1H3;2*1H. The maximum atomic E-state index is 3.87. The minimum atomic E-state index is 0. The molecule has 1 aliphatic heterocycles. The first-order chi connectivity index (χ1) is 10.8. The van der Waals surface area contributed by atoms with Gasteiger partial charge in [0.25, 0.3) is 0 Å². The van der Waals surface area contributed by atoms with Crippen LogP contribution in [-0.2, 0) is 6.54 Å². The Morgan fingerprint density at radius 3 is 2.46 bits per heavy atom. The van der Waals surface area contributed by atoms with Crippen molar-refractivity contribution in [3.8, 4) is 0 Å². The molecular formula is C17H23Cl2N5. The Hall–Kier alpha value is -1.56. The first-order valence-corrected chi connectivity index (χ1v) is 7.90. The summed E-state index contributed by atoms with van der Waals surface area (Å²) in [5.74, 6) is 0. The lowest BCUT2D eigenvalue weighted by Gasteiger charge is -2.30.